The number of hydrogen-bond donors (Lipinski definition) is 0. The van der Waals surface area contributed by atoms with Crippen LogP contribution in [-0.4, -0.2) is 40.3 Å². The van der Waals surface area contributed by atoms with Crippen LogP contribution in [0, 0.1) is 6.92 Å². The van der Waals surface area contributed by atoms with Gasteiger partial charge in [-0.1, -0.05) is 30.3 Å². The summed E-state index contributed by atoms with van der Waals surface area (Å²) in [7, 11) is 1.37. The number of hydrogen-bond acceptors (Lipinski definition) is 4. The second-order valence-electron chi connectivity index (χ2n) is 6.18. The quantitative estimate of drug-likeness (QED) is 0.732. The molecule has 0 aliphatic carbocycles. The van der Waals surface area contributed by atoms with Crippen LogP contribution < -0.4 is 0 Å². The minimum atomic E-state index is -0.411. The fraction of sp³-hybridized carbons (Fsp3) is 0.444. The molecule has 0 amide bonds. The van der Waals surface area contributed by atoms with Gasteiger partial charge >= 0.3 is 5.97 Å². The Balaban J connectivity index is 1.74. The van der Waals surface area contributed by atoms with Crippen LogP contribution in [0.3, 0.4) is 0 Å². The highest BCUT2D eigenvalue weighted by atomic mass is 79.9. The molecule has 24 heavy (non-hydrogen) atoms. The van der Waals surface area contributed by atoms with Gasteiger partial charge in [0.05, 0.1) is 23.9 Å². The Kier molecular flexibility index (Phi) is 5.36. The first-order valence-corrected chi connectivity index (χ1v) is 8.98. The number of methoxy groups -OCH3 is 1. The summed E-state index contributed by atoms with van der Waals surface area (Å²) in [5.41, 5.74) is 2.65. The molecule has 0 spiro atoms. The van der Waals surface area contributed by atoms with Crippen molar-refractivity contribution in [3.63, 3.8) is 0 Å². The van der Waals surface area contributed by atoms with Crippen LogP contribution in [0.1, 0.15) is 34.6 Å². The van der Waals surface area contributed by atoms with Gasteiger partial charge in [0.1, 0.15) is 0 Å². The second-order valence-corrected chi connectivity index (χ2v) is 6.97. The lowest BCUT2D eigenvalue weighted by molar-refractivity contribution is 0.0591. The summed E-state index contributed by atoms with van der Waals surface area (Å²) in [5.74, 6) is -0.411. The molecule has 5 nitrogen and oxygen atoms in total. The summed E-state index contributed by atoms with van der Waals surface area (Å²) in [6.07, 6.45) is 3.44. The third-order valence-electron chi connectivity index (χ3n) is 4.64. The molecule has 1 saturated heterocycles. The van der Waals surface area contributed by atoms with Crippen molar-refractivity contribution in [3.05, 3.63) is 51.8 Å². The number of carbonyl (C=O) groups is 1. The van der Waals surface area contributed by atoms with E-state index in [-0.39, 0.29) is 0 Å². The lowest BCUT2D eigenvalue weighted by Crippen LogP contribution is -2.33. The lowest BCUT2D eigenvalue weighted by Gasteiger charge is -2.25. The minimum Gasteiger partial charge on any atom is -0.464 e. The van der Waals surface area contributed by atoms with E-state index in [4.69, 9.17) is 4.74 Å². The Morgan fingerprint density at radius 1 is 1.38 bits per heavy atom. The Labute approximate surface area is 150 Å². The first kappa shape index (κ1) is 17.2. The van der Waals surface area contributed by atoms with E-state index >= 15 is 0 Å². The number of carbonyl (C=O) groups excluding carboxylic acids is 1. The molecule has 1 aromatic heterocycles. The van der Waals surface area contributed by atoms with E-state index in [0.717, 1.165) is 18.7 Å². The predicted molar refractivity (Wildman–Crippen MR) is 95.9 cm³/mol. The smallest absolute Gasteiger partial charge is 0.359 e. The molecule has 1 aliphatic heterocycles. The van der Waals surface area contributed by atoms with Crippen molar-refractivity contribution in [3.8, 4) is 0 Å². The van der Waals surface area contributed by atoms with Crippen LogP contribution in [0.5, 0.6) is 0 Å². The number of halogens is 1. The van der Waals surface area contributed by atoms with Crippen LogP contribution in [0.25, 0.3) is 0 Å². The van der Waals surface area contributed by atoms with Crippen LogP contribution in [0.4, 0.5) is 0 Å². The fourth-order valence-corrected chi connectivity index (χ4v) is 3.71. The van der Waals surface area contributed by atoms with Gasteiger partial charge in [-0.2, -0.15) is 5.10 Å². The summed E-state index contributed by atoms with van der Waals surface area (Å²) < 4.78 is 7.40. The zero-order chi connectivity index (χ0) is 17.1. The maximum Gasteiger partial charge on any atom is 0.359 e. The van der Waals surface area contributed by atoms with Crippen LogP contribution in [0.2, 0.25) is 0 Å². The molecular formula is C18H22BrN3O2. The highest BCUT2D eigenvalue weighted by Crippen LogP contribution is 2.25. The number of benzene rings is 1. The van der Waals surface area contributed by atoms with Crippen molar-refractivity contribution < 1.29 is 9.53 Å². The SMILES string of the molecule is COC(=O)c1nn(CN2CCCC2Cc2ccccc2)c(C)c1Br. The van der Waals surface area contributed by atoms with E-state index in [1.165, 1.54) is 25.5 Å². The number of likely N-dealkylation sites (tertiary alicyclic amines) is 1. The average molecular weight is 392 g/mol. The second kappa shape index (κ2) is 7.49. The van der Waals surface area contributed by atoms with Crippen molar-refractivity contribution >= 4 is 21.9 Å². The predicted octanol–water partition coefficient (Wildman–Crippen LogP) is 3.41. The van der Waals surface area contributed by atoms with Gasteiger partial charge < -0.3 is 4.74 Å². The van der Waals surface area contributed by atoms with Crippen LogP contribution in [-0.2, 0) is 17.8 Å². The maximum absolute atomic E-state index is 11.8. The molecule has 0 radical (unpaired) electrons. The van der Waals surface area contributed by atoms with E-state index < -0.39 is 5.97 Å². The minimum absolute atomic E-state index is 0.341. The van der Waals surface area contributed by atoms with Crippen molar-refractivity contribution in [1.29, 1.82) is 0 Å². The van der Waals surface area contributed by atoms with Crippen molar-refractivity contribution in [2.45, 2.75) is 38.9 Å². The van der Waals surface area contributed by atoms with Gasteiger partial charge in [-0.25, -0.2) is 4.79 Å². The van der Waals surface area contributed by atoms with E-state index in [1.807, 2.05) is 11.6 Å². The van der Waals surface area contributed by atoms with Gasteiger partial charge in [0.15, 0.2) is 5.69 Å². The highest BCUT2D eigenvalue weighted by Gasteiger charge is 2.27. The molecule has 1 aromatic carbocycles. The molecule has 0 N–H and O–H groups in total. The van der Waals surface area contributed by atoms with Crippen LogP contribution >= 0.6 is 15.9 Å². The molecule has 0 bridgehead atoms. The number of ether oxygens (including phenoxy) is 1. The standard InChI is InChI=1S/C18H22BrN3O2/c1-13-16(19)17(18(23)24-2)20-22(13)12-21-10-6-9-15(21)11-14-7-4-3-5-8-14/h3-5,7-8,15H,6,9-12H2,1-2H3. The van der Waals surface area contributed by atoms with Crippen LogP contribution in [0.15, 0.2) is 34.8 Å². The van der Waals surface area contributed by atoms with Gasteiger partial charge in [0.2, 0.25) is 0 Å². The molecule has 6 heteroatoms. The molecule has 0 saturated carbocycles. The van der Waals surface area contributed by atoms with Crippen molar-refractivity contribution in [2.75, 3.05) is 13.7 Å². The van der Waals surface area contributed by atoms with Gasteiger partial charge in [-0.15, -0.1) is 0 Å². The molecule has 128 valence electrons. The third kappa shape index (κ3) is 3.54. The Morgan fingerprint density at radius 3 is 2.83 bits per heavy atom. The summed E-state index contributed by atoms with van der Waals surface area (Å²) in [5, 5.41) is 4.44. The number of nitrogens with zero attached hydrogens (tertiary/aromatic N) is 3. The van der Waals surface area contributed by atoms with E-state index in [9.17, 15) is 4.79 Å². The zero-order valence-corrected chi connectivity index (χ0v) is 15.6. The van der Waals surface area contributed by atoms with Crippen molar-refractivity contribution in [1.82, 2.24) is 14.7 Å². The Morgan fingerprint density at radius 2 is 2.12 bits per heavy atom. The van der Waals surface area contributed by atoms with Gasteiger partial charge in [-0.3, -0.25) is 9.58 Å². The average Bonchev–Trinajstić information content (AvgIpc) is 3.15. The number of esters is 1. The molecule has 2 aromatic rings. The fourth-order valence-electron chi connectivity index (χ4n) is 3.26. The summed E-state index contributed by atoms with van der Waals surface area (Å²) >= 11 is 3.46. The molecular weight excluding hydrogens is 370 g/mol. The molecule has 1 fully saturated rings. The third-order valence-corrected chi connectivity index (χ3v) is 5.59. The highest BCUT2D eigenvalue weighted by molar-refractivity contribution is 9.10. The molecule has 3 rings (SSSR count). The van der Waals surface area contributed by atoms with E-state index in [2.05, 4.69) is 56.3 Å². The number of aromatic nitrogens is 2. The molecule has 1 aliphatic rings. The normalized spacial score (nSPS) is 18.0. The Bertz CT molecular complexity index is 715. The first-order valence-electron chi connectivity index (χ1n) is 8.19. The van der Waals surface area contributed by atoms with E-state index in [1.54, 1.807) is 0 Å². The summed E-state index contributed by atoms with van der Waals surface area (Å²) in [6, 6.07) is 11.1. The summed E-state index contributed by atoms with van der Waals surface area (Å²) in [6.45, 7) is 3.71. The lowest BCUT2D eigenvalue weighted by atomic mass is 10.0. The maximum atomic E-state index is 11.8. The monoisotopic (exact) mass is 391 g/mol. The first-order chi connectivity index (χ1) is 11.6. The van der Waals surface area contributed by atoms with Gasteiger partial charge in [-0.05, 0) is 47.7 Å². The van der Waals surface area contributed by atoms with Gasteiger partial charge in [0, 0.05) is 12.6 Å². The van der Waals surface area contributed by atoms with Gasteiger partial charge in [0.25, 0.3) is 0 Å². The molecule has 1 atom stereocenters. The molecule has 1 unspecified atom stereocenters. The Hall–Kier alpha value is -1.66. The van der Waals surface area contributed by atoms with Crippen molar-refractivity contribution in [2.24, 2.45) is 0 Å². The summed E-state index contributed by atoms with van der Waals surface area (Å²) in [4.78, 5) is 14.2. The molecule has 2 heterocycles. The largest absolute Gasteiger partial charge is 0.464 e. The zero-order valence-electron chi connectivity index (χ0n) is 14.0. The van der Waals surface area contributed by atoms with E-state index in [0.29, 0.717) is 22.9 Å². The topological polar surface area (TPSA) is 47.4 Å². The number of rotatable bonds is 5.